The second-order valence-corrected chi connectivity index (χ2v) is 4.42. The van der Waals surface area contributed by atoms with Crippen molar-refractivity contribution in [2.24, 2.45) is 5.84 Å². The minimum atomic E-state index is -0.282. The lowest BCUT2D eigenvalue weighted by molar-refractivity contribution is 0.0953. The highest BCUT2D eigenvalue weighted by Crippen LogP contribution is 2.10. The Hall–Kier alpha value is -2.11. The molecule has 0 aliphatic heterocycles. The molecule has 1 aromatic carbocycles. The van der Waals surface area contributed by atoms with Crippen LogP contribution in [0, 0.1) is 0 Å². The highest BCUT2D eigenvalue weighted by molar-refractivity contribution is 5.93. The molecule has 3 N–H and O–H groups in total. The maximum atomic E-state index is 11.3. The van der Waals surface area contributed by atoms with E-state index in [1.165, 1.54) is 0 Å². The third-order valence-electron chi connectivity index (χ3n) is 2.81. The van der Waals surface area contributed by atoms with E-state index < -0.39 is 0 Å². The fourth-order valence-corrected chi connectivity index (χ4v) is 1.88. The molecule has 2 rings (SSSR count). The van der Waals surface area contributed by atoms with E-state index >= 15 is 0 Å². The molecule has 2 aromatic rings. The van der Waals surface area contributed by atoms with Gasteiger partial charge in [0.2, 0.25) is 0 Å². The fraction of sp³-hybridized carbons (Fsp3) is 0.214. The summed E-state index contributed by atoms with van der Waals surface area (Å²) in [5.41, 5.74) is 3.79. The standard InChI is InChI=1S/C14H17N3O2/c1-17(10-13-3-2-8-19-13)9-11-4-6-12(7-5-11)14(18)16-15/h2-8H,9-10,15H2,1H3,(H,16,18). The van der Waals surface area contributed by atoms with E-state index in [1.54, 1.807) is 18.4 Å². The summed E-state index contributed by atoms with van der Waals surface area (Å²) in [6, 6.07) is 11.2. The van der Waals surface area contributed by atoms with Crippen LogP contribution in [0.2, 0.25) is 0 Å². The van der Waals surface area contributed by atoms with Crippen LogP contribution in [-0.2, 0) is 13.1 Å². The van der Waals surface area contributed by atoms with Gasteiger partial charge in [0, 0.05) is 12.1 Å². The average molecular weight is 259 g/mol. The van der Waals surface area contributed by atoms with Crippen LogP contribution in [-0.4, -0.2) is 17.9 Å². The number of rotatable bonds is 5. The molecule has 19 heavy (non-hydrogen) atoms. The van der Waals surface area contributed by atoms with Gasteiger partial charge >= 0.3 is 0 Å². The zero-order valence-electron chi connectivity index (χ0n) is 10.8. The van der Waals surface area contributed by atoms with Crippen LogP contribution in [0.25, 0.3) is 0 Å². The van der Waals surface area contributed by atoms with Crippen LogP contribution in [0.4, 0.5) is 0 Å². The number of furan rings is 1. The molecule has 1 aromatic heterocycles. The maximum absolute atomic E-state index is 11.3. The normalized spacial score (nSPS) is 10.7. The van der Waals surface area contributed by atoms with Crippen molar-refractivity contribution < 1.29 is 9.21 Å². The van der Waals surface area contributed by atoms with E-state index in [1.807, 2.05) is 31.3 Å². The first-order valence-electron chi connectivity index (χ1n) is 6.00. The Labute approximate surface area is 112 Å². The van der Waals surface area contributed by atoms with Gasteiger partial charge in [0.25, 0.3) is 5.91 Å². The first-order chi connectivity index (χ1) is 9.19. The van der Waals surface area contributed by atoms with Gasteiger partial charge in [-0.3, -0.25) is 15.1 Å². The monoisotopic (exact) mass is 259 g/mol. The van der Waals surface area contributed by atoms with E-state index in [4.69, 9.17) is 10.3 Å². The number of nitrogens with one attached hydrogen (secondary N) is 1. The van der Waals surface area contributed by atoms with Crippen LogP contribution in [0.5, 0.6) is 0 Å². The number of hydrogen-bond donors (Lipinski definition) is 2. The van der Waals surface area contributed by atoms with Crippen molar-refractivity contribution in [1.29, 1.82) is 0 Å². The van der Waals surface area contributed by atoms with Crippen LogP contribution in [0.3, 0.4) is 0 Å². The third-order valence-corrected chi connectivity index (χ3v) is 2.81. The number of hydrogen-bond acceptors (Lipinski definition) is 4. The largest absolute Gasteiger partial charge is 0.468 e. The second-order valence-electron chi connectivity index (χ2n) is 4.42. The summed E-state index contributed by atoms with van der Waals surface area (Å²) < 4.78 is 5.30. The van der Waals surface area contributed by atoms with Gasteiger partial charge in [-0.1, -0.05) is 12.1 Å². The van der Waals surface area contributed by atoms with Gasteiger partial charge in [-0.25, -0.2) is 5.84 Å². The first-order valence-corrected chi connectivity index (χ1v) is 6.00. The molecule has 0 spiro atoms. The Kier molecular flexibility index (Phi) is 4.33. The second kappa shape index (κ2) is 6.17. The Morgan fingerprint density at radius 3 is 2.58 bits per heavy atom. The van der Waals surface area contributed by atoms with Crippen molar-refractivity contribution in [3.05, 3.63) is 59.5 Å². The summed E-state index contributed by atoms with van der Waals surface area (Å²) in [6.07, 6.45) is 1.67. The minimum absolute atomic E-state index is 0.282. The zero-order valence-corrected chi connectivity index (χ0v) is 10.8. The van der Waals surface area contributed by atoms with Crippen molar-refractivity contribution >= 4 is 5.91 Å². The number of hydrazine groups is 1. The van der Waals surface area contributed by atoms with Crippen LogP contribution < -0.4 is 11.3 Å². The number of nitrogens with two attached hydrogens (primary N) is 1. The van der Waals surface area contributed by atoms with E-state index in [0.717, 1.165) is 24.4 Å². The lowest BCUT2D eigenvalue weighted by Crippen LogP contribution is -2.29. The molecule has 0 atom stereocenters. The first kappa shape index (κ1) is 13.3. The molecule has 1 amide bonds. The van der Waals surface area contributed by atoms with Crippen molar-refractivity contribution in [2.75, 3.05) is 7.05 Å². The molecule has 5 heteroatoms. The Bertz CT molecular complexity index is 520. The summed E-state index contributed by atoms with van der Waals surface area (Å²) in [5, 5.41) is 0. The van der Waals surface area contributed by atoms with Crippen LogP contribution >= 0.6 is 0 Å². The van der Waals surface area contributed by atoms with Crippen molar-refractivity contribution in [2.45, 2.75) is 13.1 Å². The van der Waals surface area contributed by atoms with Gasteiger partial charge < -0.3 is 4.42 Å². The van der Waals surface area contributed by atoms with Gasteiger partial charge in [-0.2, -0.15) is 0 Å². The van der Waals surface area contributed by atoms with E-state index in [-0.39, 0.29) is 5.91 Å². The molecule has 0 saturated carbocycles. The maximum Gasteiger partial charge on any atom is 0.265 e. The number of benzene rings is 1. The van der Waals surface area contributed by atoms with Crippen molar-refractivity contribution in [3.8, 4) is 0 Å². The topological polar surface area (TPSA) is 71.5 Å². The number of carbonyl (C=O) groups is 1. The number of amides is 1. The van der Waals surface area contributed by atoms with Crippen LogP contribution in [0.1, 0.15) is 21.7 Å². The molecule has 0 bridgehead atoms. The smallest absolute Gasteiger partial charge is 0.265 e. The number of nitrogen functional groups attached to an aromatic ring is 1. The zero-order chi connectivity index (χ0) is 13.7. The van der Waals surface area contributed by atoms with Gasteiger partial charge in [-0.05, 0) is 36.9 Å². The Morgan fingerprint density at radius 2 is 2.00 bits per heavy atom. The highest BCUT2D eigenvalue weighted by atomic mass is 16.3. The fourth-order valence-electron chi connectivity index (χ4n) is 1.88. The quantitative estimate of drug-likeness (QED) is 0.485. The summed E-state index contributed by atoms with van der Waals surface area (Å²) >= 11 is 0. The third kappa shape index (κ3) is 3.67. The lowest BCUT2D eigenvalue weighted by Gasteiger charge is -2.15. The van der Waals surface area contributed by atoms with Gasteiger partial charge in [-0.15, -0.1) is 0 Å². The van der Waals surface area contributed by atoms with Gasteiger partial charge in [0.1, 0.15) is 5.76 Å². The Morgan fingerprint density at radius 1 is 1.26 bits per heavy atom. The number of nitrogens with zero attached hydrogens (tertiary/aromatic N) is 1. The van der Waals surface area contributed by atoms with Gasteiger partial charge in [0.15, 0.2) is 0 Å². The molecule has 5 nitrogen and oxygen atoms in total. The molecule has 0 aliphatic carbocycles. The summed E-state index contributed by atoms with van der Waals surface area (Å²) in [6.45, 7) is 1.53. The van der Waals surface area contributed by atoms with E-state index in [2.05, 4.69) is 10.3 Å². The number of carbonyl (C=O) groups excluding carboxylic acids is 1. The molecular weight excluding hydrogens is 242 g/mol. The van der Waals surface area contributed by atoms with Gasteiger partial charge in [0.05, 0.1) is 12.8 Å². The molecule has 100 valence electrons. The van der Waals surface area contributed by atoms with E-state index in [0.29, 0.717) is 5.56 Å². The van der Waals surface area contributed by atoms with Crippen molar-refractivity contribution in [1.82, 2.24) is 10.3 Å². The summed E-state index contributed by atoms with van der Waals surface area (Å²) in [5.74, 6) is 5.73. The SMILES string of the molecule is CN(Cc1ccc(C(=O)NN)cc1)Cc1ccco1. The minimum Gasteiger partial charge on any atom is -0.468 e. The molecule has 0 fully saturated rings. The predicted molar refractivity (Wildman–Crippen MR) is 72.0 cm³/mol. The molecular formula is C14H17N3O2. The van der Waals surface area contributed by atoms with E-state index in [9.17, 15) is 4.79 Å². The molecule has 0 aliphatic rings. The summed E-state index contributed by atoms with van der Waals surface area (Å²) in [7, 11) is 2.02. The molecule has 0 unspecified atom stereocenters. The summed E-state index contributed by atoms with van der Waals surface area (Å²) in [4.78, 5) is 13.4. The predicted octanol–water partition coefficient (Wildman–Crippen LogP) is 1.52. The lowest BCUT2D eigenvalue weighted by atomic mass is 10.1. The molecule has 0 saturated heterocycles. The van der Waals surface area contributed by atoms with Crippen LogP contribution in [0.15, 0.2) is 47.1 Å². The highest BCUT2D eigenvalue weighted by Gasteiger charge is 2.06. The molecule has 1 heterocycles. The van der Waals surface area contributed by atoms with Crippen molar-refractivity contribution in [3.63, 3.8) is 0 Å². The Balaban J connectivity index is 1.93. The average Bonchev–Trinajstić information content (AvgIpc) is 2.91. The molecule has 0 radical (unpaired) electrons.